The Morgan fingerprint density at radius 2 is 2.07 bits per heavy atom. The van der Waals surface area contributed by atoms with Crippen molar-refractivity contribution in [3.63, 3.8) is 0 Å². The molecule has 0 saturated carbocycles. The van der Waals surface area contributed by atoms with Gasteiger partial charge >= 0.3 is 12.1 Å². The molecule has 154 valence electrons. The third kappa shape index (κ3) is 4.38. The summed E-state index contributed by atoms with van der Waals surface area (Å²) in [5.41, 5.74) is -1.17. The van der Waals surface area contributed by atoms with Gasteiger partial charge < -0.3 is 14.6 Å². The van der Waals surface area contributed by atoms with Crippen molar-refractivity contribution in [1.82, 2.24) is 24.7 Å². The Kier molecular flexibility index (Phi) is 5.84. The van der Waals surface area contributed by atoms with Crippen LogP contribution in [-0.2, 0) is 15.7 Å². The maximum atomic E-state index is 13.4. The van der Waals surface area contributed by atoms with E-state index in [1.54, 1.807) is 6.92 Å². The van der Waals surface area contributed by atoms with Crippen LogP contribution in [0.5, 0.6) is 5.88 Å². The standard InChI is InChI=1S/C16H13ClF3N5O4/c1-2-28-6-11(15(26)27)29-14-9-5-24-25(12(9)22-7-23-14)13-10(16(18,19)20)3-8(17)4-21-13/h3-5,7,11H,2,6H2,1H3,(H,26,27). The minimum absolute atomic E-state index is 0.0594. The van der Waals surface area contributed by atoms with Crippen molar-refractivity contribution in [1.29, 1.82) is 0 Å². The van der Waals surface area contributed by atoms with Crippen molar-refractivity contribution >= 4 is 28.6 Å². The predicted molar refractivity (Wildman–Crippen MR) is 93.0 cm³/mol. The zero-order valence-electron chi connectivity index (χ0n) is 14.7. The lowest BCUT2D eigenvalue weighted by atomic mass is 10.2. The first-order valence-corrected chi connectivity index (χ1v) is 8.49. The van der Waals surface area contributed by atoms with Gasteiger partial charge in [-0.25, -0.2) is 19.7 Å². The van der Waals surface area contributed by atoms with Crippen LogP contribution < -0.4 is 4.74 Å². The maximum absolute atomic E-state index is 13.4. The summed E-state index contributed by atoms with van der Waals surface area (Å²) in [7, 11) is 0. The number of ether oxygens (including phenoxy) is 2. The Bertz CT molecular complexity index is 1040. The molecule has 3 heterocycles. The van der Waals surface area contributed by atoms with Crippen molar-refractivity contribution in [3.8, 4) is 11.7 Å². The number of carboxylic acid groups (broad SMARTS) is 1. The summed E-state index contributed by atoms with van der Waals surface area (Å²) in [6, 6.07) is 0.721. The molecular formula is C16H13ClF3N5O4. The fourth-order valence-corrected chi connectivity index (χ4v) is 2.55. The Labute approximate surface area is 166 Å². The second kappa shape index (κ2) is 8.17. The third-order valence-corrected chi connectivity index (χ3v) is 3.88. The van der Waals surface area contributed by atoms with E-state index in [1.807, 2.05) is 0 Å². The molecular weight excluding hydrogens is 419 g/mol. The van der Waals surface area contributed by atoms with Gasteiger partial charge in [0.2, 0.25) is 12.0 Å². The van der Waals surface area contributed by atoms with Gasteiger partial charge in [0.15, 0.2) is 11.5 Å². The van der Waals surface area contributed by atoms with Gasteiger partial charge in [0.05, 0.1) is 17.8 Å². The highest BCUT2D eigenvalue weighted by Gasteiger charge is 2.36. The average Bonchev–Trinajstić information content (AvgIpc) is 3.09. The van der Waals surface area contributed by atoms with Crippen LogP contribution in [-0.4, -0.2) is 55.1 Å². The van der Waals surface area contributed by atoms with Crippen LogP contribution in [0.2, 0.25) is 5.02 Å². The first kappa shape index (κ1) is 20.7. The largest absolute Gasteiger partial charge is 0.478 e. The molecule has 29 heavy (non-hydrogen) atoms. The highest BCUT2D eigenvalue weighted by molar-refractivity contribution is 6.30. The normalized spacial score (nSPS) is 12.9. The molecule has 0 radical (unpaired) electrons. The summed E-state index contributed by atoms with van der Waals surface area (Å²) in [6.07, 6.45) is -2.92. The number of aliphatic carboxylic acids is 1. The molecule has 0 amide bonds. The van der Waals surface area contributed by atoms with Crippen LogP contribution in [0, 0.1) is 0 Å². The lowest BCUT2D eigenvalue weighted by molar-refractivity contribution is -0.148. The third-order valence-electron chi connectivity index (χ3n) is 3.67. The molecule has 9 nitrogen and oxygen atoms in total. The number of pyridine rings is 1. The van der Waals surface area contributed by atoms with Crippen LogP contribution in [0.15, 0.2) is 24.8 Å². The zero-order valence-corrected chi connectivity index (χ0v) is 15.5. The topological polar surface area (TPSA) is 112 Å². The molecule has 0 aliphatic heterocycles. The number of hydrogen-bond donors (Lipinski definition) is 1. The van der Waals surface area contributed by atoms with Gasteiger partial charge in [-0.05, 0) is 13.0 Å². The SMILES string of the molecule is CCOCC(Oc1ncnc2c1cnn2-c1ncc(Cl)cc1C(F)(F)F)C(=O)O. The van der Waals surface area contributed by atoms with Crippen molar-refractivity contribution in [2.45, 2.75) is 19.2 Å². The molecule has 0 aliphatic rings. The minimum atomic E-state index is -4.75. The Balaban J connectivity index is 2.07. The van der Waals surface area contributed by atoms with E-state index in [4.69, 9.17) is 21.1 Å². The van der Waals surface area contributed by atoms with E-state index in [1.165, 1.54) is 0 Å². The fourth-order valence-electron chi connectivity index (χ4n) is 2.40. The number of halogens is 4. The zero-order chi connectivity index (χ0) is 21.2. The molecule has 0 spiro atoms. The van der Waals surface area contributed by atoms with Crippen LogP contribution >= 0.6 is 11.6 Å². The first-order valence-electron chi connectivity index (χ1n) is 8.11. The Morgan fingerprint density at radius 3 is 2.72 bits per heavy atom. The van der Waals surface area contributed by atoms with Crippen LogP contribution in [0.25, 0.3) is 16.9 Å². The second-order valence-electron chi connectivity index (χ2n) is 5.60. The van der Waals surface area contributed by atoms with E-state index in [0.29, 0.717) is 0 Å². The van der Waals surface area contributed by atoms with Crippen molar-refractivity contribution in [2.24, 2.45) is 0 Å². The van der Waals surface area contributed by atoms with Gasteiger partial charge in [0, 0.05) is 12.8 Å². The molecule has 0 aromatic carbocycles. The van der Waals surface area contributed by atoms with E-state index < -0.39 is 29.6 Å². The summed E-state index contributed by atoms with van der Waals surface area (Å²) in [6.45, 7) is 1.71. The summed E-state index contributed by atoms with van der Waals surface area (Å²) in [4.78, 5) is 22.9. The van der Waals surface area contributed by atoms with Gasteiger partial charge in [-0.1, -0.05) is 11.6 Å². The summed E-state index contributed by atoms with van der Waals surface area (Å²) < 4.78 is 51.5. The minimum Gasteiger partial charge on any atom is -0.478 e. The number of carboxylic acids is 1. The number of rotatable bonds is 7. The molecule has 0 bridgehead atoms. The number of carbonyl (C=O) groups is 1. The lowest BCUT2D eigenvalue weighted by Gasteiger charge is -2.14. The Hall–Kier alpha value is -2.99. The first-order chi connectivity index (χ1) is 13.7. The molecule has 3 rings (SSSR count). The van der Waals surface area contributed by atoms with Crippen molar-refractivity contribution in [2.75, 3.05) is 13.2 Å². The monoisotopic (exact) mass is 431 g/mol. The number of hydrogen-bond acceptors (Lipinski definition) is 7. The molecule has 3 aromatic heterocycles. The van der Waals surface area contributed by atoms with Crippen molar-refractivity contribution in [3.05, 3.63) is 35.4 Å². The molecule has 13 heteroatoms. The number of aromatic nitrogens is 5. The molecule has 1 N–H and O–H groups in total. The van der Waals surface area contributed by atoms with Crippen LogP contribution in [0.4, 0.5) is 13.2 Å². The molecule has 3 aromatic rings. The van der Waals surface area contributed by atoms with Gasteiger partial charge in [0.1, 0.15) is 17.3 Å². The summed E-state index contributed by atoms with van der Waals surface area (Å²) in [5.74, 6) is -2.02. The van der Waals surface area contributed by atoms with E-state index >= 15 is 0 Å². The van der Waals surface area contributed by atoms with Crippen molar-refractivity contribution < 1.29 is 32.5 Å². The lowest BCUT2D eigenvalue weighted by Crippen LogP contribution is -2.32. The van der Waals surface area contributed by atoms with Crippen LogP contribution in [0.3, 0.4) is 0 Å². The number of alkyl halides is 3. The molecule has 0 fully saturated rings. The molecule has 0 saturated heterocycles. The van der Waals surface area contributed by atoms with Gasteiger partial charge in [-0.15, -0.1) is 0 Å². The number of nitrogens with zero attached hydrogens (tertiary/aromatic N) is 5. The highest BCUT2D eigenvalue weighted by atomic mass is 35.5. The Morgan fingerprint density at radius 1 is 1.31 bits per heavy atom. The summed E-state index contributed by atoms with van der Waals surface area (Å²) >= 11 is 5.65. The highest BCUT2D eigenvalue weighted by Crippen LogP contribution is 2.35. The molecule has 1 atom stereocenters. The fraction of sp³-hybridized carbons (Fsp3) is 0.312. The maximum Gasteiger partial charge on any atom is 0.420 e. The number of fused-ring (bicyclic) bond motifs is 1. The van der Waals surface area contributed by atoms with E-state index in [9.17, 15) is 23.1 Å². The van der Waals surface area contributed by atoms with Gasteiger partial charge in [-0.2, -0.15) is 23.0 Å². The molecule has 0 aliphatic carbocycles. The van der Waals surface area contributed by atoms with E-state index in [2.05, 4.69) is 20.1 Å². The predicted octanol–water partition coefficient (Wildman–Crippen LogP) is 2.75. The van der Waals surface area contributed by atoms with E-state index in [0.717, 1.165) is 29.5 Å². The van der Waals surface area contributed by atoms with Gasteiger partial charge in [-0.3, -0.25) is 0 Å². The second-order valence-corrected chi connectivity index (χ2v) is 6.04. The molecule has 1 unspecified atom stereocenters. The quantitative estimate of drug-likeness (QED) is 0.607. The smallest absolute Gasteiger partial charge is 0.420 e. The summed E-state index contributed by atoms with van der Waals surface area (Å²) in [5, 5.41) is 13.0. The van der Waals surface area contributed by atoms with Crippen LogP contribution in [0.1, 0.15) is 12.5 Å². The van der Waals surface area contributed by atoms with Gasteiger partial charge in [0.25, 0.3) is 0 Å². The average molecular weight is 432 g/mol. The van der Waals surface area contributed by atoms with E-state index in [-0.39, 0.29) is 35.1 Å².